The standard InChI is InChI=1S/C18H18O6/c1-10-13(23-2)7-14-15(16(10)20)17(21)18(22,9-24-14)8-11-3-5-12(19)6-4-11/h3-7,19-20,22H,8-9H2,1-2H3/t18-/m1/s1. The molecule has 126 valence electrons. The number of methoxy groups -OCH3 is 1. The molecule has 2 aromatic carbocycles. The molecule has 3 rings (SSSR count). The molecule has 0 saturated heterocycles. The minimum atomic E-state index is -1.79. The molecule has 0 saturated carbocycles. The molecule has 0 radical (unpaired) electrons. The predicted octanol–water partition coefficient (Wildman–Crippen LogP) is 1.96. The summed E-state index contributed by atoms with van der Waals surface area (Å²) in [4.78, 5) is 12.8. The number of ketones is 1. The summed E-state index contributed by atoms with van der Waals surface area (Å²) < 4.78 is 10.7. The summed E-state index contributed by atoms with van der Waals surface area (Å²) in [6, 6.07) is 7.73. The van der Waals surface area contributed by atoms with Crippen LogP contribution < -0.4 is 9.47 Å². The molecule has 1 heterocycles. The molecule has 0 bridgehead atoms. The number of aliphatic hydroxyl groups is 1. The van der Waals surface area contributed by atoms with Gasteiger partial charge in [0.1, 0.15) is 35.2 Å². The van der Waals surface area contributed by atoms with Crippen LogP contribution in [0.25, 0.3) is 0 Å². The molecule has 6 heteroatoms. The number of phenolic OH excluding ortho intramolecular Hbond substituents is 2. The number of fused-ring (bicyclic) bond motifs is 1. The number of carbonyl (C=O) groups is 1. The van der Waals surface area contributed by atoms with Crippen LogP contribution in [0.1, 0.15) is 21.5 Å². The summed E-state index contributed by atoms with van der Waals surface area (Å²) in [6.07, 6.45) is 0.00999. The average Bonchev–Trinajstić information content (AvgIpc) is 2.56. The summed E-state index contributed by atoms with van der Waals surface area (Å²) in [7, 11) is 1.46. The van der Waals surface area contributed by atoms with E-state index in [4.69, 9.17) is 9.47 Å². The third kappa shape index (κ3) is 2.55. The van der Waals surface area contributed by atoms with Gasteiger partial charge in [0.15, 0.2) is 5.60 Å². The number of benzene rings is 2. The highest BCUT2D eigenvalue weighted by Gasteiger charge is 2.44. The average molecular weight is 330 g/mol. The van der Waals surface area contributed by atoms with Crippen molar-refractivity contribution in [3.8, 4) is 23.0 Å². The minimum Gasteiger partial charge on any atom is -0.508 e. The minimum absolute atomic E-state index is 0.00999. The molecule has 1 aliphatic rings. The molecule has 0 spiro atoms. The second-order valence-electron chi connectivity index (χ2n) is 5.92. The van der Waals surface area contributed by atoms with Crippen LogP contribution in [0.3, 0.4) is 0 Å². The molecule has 0 fully saturated rings. The molecule has 3 N–H and O–H groups in total. The Labute approximate surface area is 138 Å². The monoisotopic (exact) mass is 330 g/mol. The van der Waals surface area contributed by atoms with E-state index in [2.05, 4.69) is 0 Å². The first-order valence-corrected chi connectivity index (χ1v) is 7.44. The normalized spacial score (nSPS) is 19.5. The highest BCUT2D eigenvalue weighted by Crippen LogP contribution is 2.42. The first-order chi connectivity index (χ1) is 11.4. The summed E-state index contributed by atoms with van der Waals surface area (Å²) in [5, 5.41) is 30.4. The van der Waals surface area contributed by atoms with E-state index in [9.17, 15) is 20.1 Å². The largest absolute Gasteiger partial charge is 0.508 e. The van der Waals surface area contributed by atoms with Crippen LogP contribution in [0.15, 0.2) is 30.3 Å². The molecular formula is C18H18O6. The molecule has 2 aromatic rings. The number of hydrogen-bond acceptors (Lipinski definition) is 6. The van der Waals surface area contributed by atoms with Crippen molar-refractivity contribution in [2.24, 2.45) is 0 Å². The highest BCUT2D eigenvalue weighted by molar-refractivity contribution is 6.08. The van der Waals surface area contributed by atoms with Gasteiger partial charge in [0.2, 0.25) is 5.78 Å². The first-order valence-electron chi connectivity index (χ1n) is 7.44. The lowest BCUT2D eigenvalue weighted by atomic mass is 9.84. The van der Waals surface area contributed by atoms with Crippen LogP contribution >= 0.6 is 0 Å². The number of rotatable bonds is 3. The van der Waals surface area contributed by atoms with Crippen LogP contribution in [0.5, 0.6) is 23.0 Å². The summed E-state index contributed by atoms with van der Waals surface area (Å²) in [5.74, 6) is -0.153. The Morgan fingerprint density at radius 2 is 1.92 bits per heavy atom. The van der Waals surface area contributed by atoms with Crippen molar-refractivity contribution in [3.63, 3.8) is 0 Å². The van der Waals surface area contributed by atoms with Gasteiger partial charge in [-0.3, -0.25) is 4.79 Å². The van der Waals surface area contributed by atoms with E-state index >= 15 is 0 Å². The van der Waals surface area contributed by atoms with Crippen molar-refractivity contribution in [2.75, 3.05) is 13.7 Å². The molecular weight excluding hydrogens is 312 g/mol. The Kier molecular flexibility index (Phi) is 3.85. The Hall–Kier alpha value is -2.73. The van der Waals surface area contributed by atoms with E-state index in [-0.39, 0.29) is 35.8 Å². The number of Topliss-reactive ketones (excluding diaryl/α,β-unsaturated/α-hetero) is 1. The topological polar surface area (TPSA) is 96.2 Å². The molecule has 1 aliphatic heterocycles. The summed E-state index contributed by atoms with van der Waals surface area (Å²) >= 11 is 0. The summed E-state index contributed by atoms with van der Waals surface area (Å²) in [6.45, 7) is 1.39. The van der Waals surface area contributed by atoms with Gasteiger partial charge in [-0.2, -0.15) is 0 Å². The van der Waals surface area contributed by atoms with E-state index in [1.54, 1.807) is 19.1 Å². The molecule has 0 aromatic heterocycles. The van der Waals surface area contributed by atoms with Crippen molar-refractivity contribution in [1.82, 2.24) is 0 Å². The molecule has 0 amide bonds. The Bertz CT molecular complexity index is 796. The van der Waals surface area contributed by atoms with Crippen LogP contribution in [0, 0.1) is 6.92 Å². The van der Waals surface area contributed by atoms with Gasteiger partial charge in [0.05, 0.1) is 7.11 Å². The maximum Gasteiger partial charge on any atom is 0.205 e. The molecule has 24 heavy (non-hydrogen) atoms. The van der Waals surface area contributed by atoms with E-state index in [1.165, 1.54) is 25.3 Å². The van der Waals surface area contributed by atoms with Gasteiger partial charge in [0, 0.05) is 18.1 Å². The zero-order chi connectivity index (χ0) is 17.5. The zero-order valence-corrected chi connectivity index (χ0v) is 13.4. The predicted molar refractivity (Wildman–Crippen MR) is 86.0 cm³/mol. The number of ether oxygens (including phenoxy) is 2. The van der Waals surface area contributed by atoms with Gasteiger partial charge in [-0.1, -0.05) is 12.1 Å². The van der Waals surface area contributed by atoms with Gasteiger partial charge in [-0.05, 0) is 24.6 Å². The van der Waals surface area contributed by atoms with Crippen molar-refractivity contribution in [1.29, 1.82) is 0 Å². The number of hydrogen-bond donors (Lipinski definition) is 3. The SMILES string of the molecule is COc1cc2c(c(O)c1C)C(=O)[C@@](O)(Cc1ccc(O)cc1)CO2. The molecule has 6 nitrogen and oxygen atoms in total. The van der Waals surface area contributed by atoms with Crippen LogP contribution in [-0.2, 0) is 6.42 Å². The number of carbonyl (C=O) groups excluding carboxylic acids is 1. The van der Waals surface area contributed by atoms with Crippen molar-refractivity contribution < 1.29 is 29.6 Å². The Morgan fingerprint density at radius 1 is 1.25 bits per heavy atom. The second kappa shape index (κ2) is 5.72. The van der Waals surface area contributed by atoms with E-state index in [0.717, 1.165) is 0 Å². The third-order valence-electron chi connectivity index (χ3n) is 4.24. The van der Waals surface area contributed by atoms with Crippen LogP contribution in [-0.4, -0.2) is 40.4 Å². The highest BCUT2D eigenvalue weighted by atomic mass is 16.5. The van der Waals surface area contributed by atoms with E-state index < -0.39 is 11.4 Å². The third-order valence-corrected chi connectivity index (χ3v) is 4.24. The van der Waals surface area contributed by atoms with Crippen molar-refractivity contribution in [3.05, 3.63) is 47.0 Å². The molecule has 0 unspecified atom stereocenters. The van der Waals surface area contributed by atoms with Gasteiger partial charge in [0.25, 0.3) is 0 Å². The molecule has 0 aliphatic carbocycles. The van der Waals surface area contributed by atoms with Gasteiger partial charge >= 0.3 is 0 Å². The number of aromatic hydroxyl groups is 2. The van der Waals surface area contributed by atoms with Crippen molar-refractivity contribution >= 4 is 5.78 Å². The van der Waals surface area contributed by atoms with Gasteiger partial charge in [-0.25, -0.2) is 0 Å². The maximum atomic E-state index is 12.8. The van der Waals surface area contributed by atoms with E-state index in [0.29, 0.717) is 16.9 Å². The Balaban J connectivity index is 1.99. The maximum absolute atomic E-state index is 12.8. The number of phenols is 2. The van der Waals surface area contributed by atoms with Crippen molar-refractivity contribution in [2.45, 2.75) is 18.9 Å². The fraction of sp³-hybridized carbons (Fsp3) is 0.278. The van der Waals surface area contributed by atoms with Gasteiger partial charge in [-0.15, -0.1) is 0 Å². The summed E-state index contributed by atoms with van der Waals surface area (Å²) in [5.41, 5.74) is -0.758. The smallest absolute Gasteiger partial charge is 0.205 e. The van der Waals surface area contributed by atoms with Gasteiger partial charge < -0.3 is 24.8 Å². The fourth-order valence-electron chi connectivity index (χ4n) is 2.84. The zero-order valence-electron chi connectivity index (χ0n) is 13.4. The van der Waals surface area contributed by atoms with E-state index in [1.807, 2.05) is 0 Å². The van der Waals surface area contributed by atoms with Crippen LogP contribution in [0.4, 0.5) is 0 Å². The molecule has 1 atom stereocenters. The lowest BCUT2D eigenvalue weighted by molar-refractivity contribution is -0.00243. The Morgan fingerprint density at radius 3 is 2.54 bits per heavy atom. The first kappa shape index (κ1) is 16.1. The second-order valence-corrected chi connectivity index (χ2v) is 5.92. The quantitative estimate of drug-likeness (QED) is 0.796. The lowest BCUT2D eigenvalue weighted by Crippen LogP contribution is -2.49. The lowest BCUT2D eigenvalue weighted by Gasteiger charge is -2.33. The fourth-order valence-corrected chi connectivity index (χ4v) is 2.84. The van der Waals surface area contributed by atoms with Crippen LogP contribution in [0.2, 0.25) is 0 Å².